The number of halogens is 3. The summed E-state index contributed by atoms with van der Waals surface area (Å²) in [6.07, 6.45) is 6.97. The number of alkyl halides is 3. The van der Waals surface area contributed by atoms with E-state index in [9.17, 15) is 18.0 Å². The number of likely N-dealkylation sites (tertiary alicyclic amines) is 2. The van der Waals surface area contributed by atoms with Gasteiger partial charge in [0.15, 0.2) is 0 Å². The number of nitrogens with zero attached hydrogens (tertiary/aromatic N) is 4. The summed E-state index contributed by atoms with van der Waals surface area (Å²) < 4.78 is 33.6. The Bertz CT molecular complexity index is 793. The lowest BCUT2D eigenvalue weighted by atomic mass is 9.77. The van der Waals surface area contributed by atoms with Crippen molar-refractivity contribution >= 4 is 11.9 Å². The van der Waals surface area contributed by atoms with Gasteiger partial charge in [0, 0.05) is 44.4 Å². The maximum absolute atomic E-state index is 12.6. The van der Waals surface area contributed by atoms with E-state index in [0.717, 1.165) is 44.8 Å². The normalized spacial score (nSPS) is 26.8. The van der Waals surface area contributed by atoms with Crippen LogP contribution in [0.15, 0.2) is 12.4 Å². The molecule has 0 unspecified atom stereocenters. The molecule has 3 heterocycles. The number of carbonyl (C=O) groups excluding carboxylic acids is 1. The van der Waals surface area contributed by atoms with Gasteiger partial charge in [-0.25, -0.2) is 4.79 Å². The first-order chi connectivity index (χ1) is 14.6. The fourth-order valence-corrected chi connectivity index (χ4v) is 5.16. The van der Waals surface area contributed by atoms with Gasteiger partial charge < -0.3 is 10.0 Å². The predicted octanol–water partition coefficient (Wildman–Crippen LogP) is 3.20. The summed E-state index contributed by atoms with van der Waals surface area (Å²) in [6.45, 7) is 5.41. The van der Waals surface area contributed by atoms with Crippen molar-refractivity contribution in [2.24, 2.45) is 13.0 Å². The summed E-state index contributed by atoms with van der Waals surface area (Å²) in [5.74, 6) is -1.58. The lowest BCUT2D eigenvalue weighted by Gasteiger charge is -2.52. The largest absolute Gasteiger partial charge is 0.490 e. The number of aromatic nitrogens is 2. The van der Waals surface area contributed by atoms with E-state index in [-0.39, 0.29) is 5.54 Å². The molecule has 1 N–H and O–H groups in total. The molecule has 1 amide bonds. The van der Waals surface area contributed by atoms with Crippen LogP contribution in [0.1, 0.15) is 57.4 Å². The Kier molecular flexibility index (Phi) is 6.98. The van der Waals surface area contributed by atoms with E-state index in [1.54, 1.807) is 0 Å². The summed E-state index contributed by atoms with van der Waals surface area (Å²) in [6, 6.07) is 0.483. The third-order valence-corrected chi connectivity index (χ3v) is 6.64. The second kappa shape index (κ2) is 9.18. The highest BCUT2D eigenvalue weighted by Gasteiger charge is 2.53. The van der Waals surface area contributed by atoms with Crippen molar-refractivity contribution in [3.8, 4) is 0 Å². The Balaban J connectivity index is 0.000000339. The summed E-state index contributed by atoms with van der Waals surface area (Å²) >= 11 is 0. The third kappa shape index (κ3) is 5.39. The summed E-state index contributed by atoms with van der Waals surface area (Å²) in [7, 11) is 1.98. The van der Waals surface area contributed by atoms with Crippen molar-refractivity contribution in [2.75, 3.05) is 13.1 Å². The van der Waals surface area contributed by atoms with Crippen molar-refractivity contribution in [3.05, 3.63) is 18.0 Å². The molecular weight excluding hydrogens is 413 g/mol. The highest BCUT2D eigenvalue weighted by atomic mass is 19.4. The van der Waals surface area contributed by atoms with Crippen LogP contribution in [-0.2, 0) is 23.2 Å². The number of carbonyl (C=O) groups is 2. The molecule has 3 aliphatic rings. The molecule has 0 bridgehead atoms. The van der Waals surface area contributed by atoms with Gasteiger partial charge in [-0.1, -0.05) is 6.92 Å². The molecule has 31 heavy (non-hydrogen) atoms. The van der Waals surface area contributed by atoms with Crippen molar-refractivity contribution < 1.29 is 27.9 Å². The number of carboxylic acids is 1. The van der Waals surface area contributed by atoms with Gasteiger partial charge in [0.25, 0.3) is 0 Å². The molecule has 7 nitrogen and oxygen atoms in total. The number of piperidine rings is 1. The molecule has 1 aliphatic carbocycles. The van der Waals surface area contributed by atoms with Crippen LogP contribution in [0.4, 0.5) is 13.2 Å². The van der Waals surface area contributed by atoms with Crippen LogP contribution in [0, 0.1) is 5.92 Å². The zero-order valence-corrected chi connectivity index (χ0v) is 18.1. The Hall–Kier alpha value is -2.10. The Morgan fingerprint density at radius 1 is 1.32 bits per heavy atom. The Morgan fingerprint density at radius 2 is 2.00 bits per heavy atom. The zero-order chi connectivity index (χ0) is 22.8. The molecule has 1 spiro atoms. The maximum Gasteiger partial charge on any atom is 0.490 e. The number of amides is 1. The van der Waals surface area contributed by atoms with Gasteiger partial charge in [0.1, 0.15) is 0 Å². The molecule has 10 heteroatoms. The van der Waals surface area contributed by atoms with Crippen molar-refractivity contribution in [2.45, 2.75) is 76.2 Å². The van der Waals surface area contributed by atoms with Crippen LogP contribution in [0.25, 0.3) is 0 Å². The second-order valence-electron chi connectivity index (χ2n) is 8.87. The lowest BCUT2D eigenvalue weighted by Crippen LogP contribution is -2.63. The van der Waals surface area contributed by atoms with Gasteiger partial charge in [-0.2, -0.15) is 18.3 Å². The van der Waals surface area contributed by atoms with E-state index in [2.05, 4.69) is 28.0 Å². The maximum atomic E-state index is 12.6. The van der Waals surface area contributed by atoms with Crippen molar-refractivity contribution in [3.63, 3.8) is 0 Å². The van der Waals surface area contributed by atoms with Crippen LogP contribution in [-0.4, -0.2) is 67.4 Å². The van der Waals surface area contributed by atoms with Crippen LogP contribution in [0.2, 0.25) is 0 Å². The van der Waals surface area contributed by atoms with Gasteiger partial charge >= 0.3 is 12.1 Å². The molecular formula is C21H31F3N4O3. The molecule has 1 saturated carbocycles. The lowest BCUT2D eigenvalue weighted by molar-refractivity contribution is -0.192. The van der Waals surface area contributed by atoms with Gasteiger partial charge in [-0.05, 0) is 51.0 Å². The van der Waals surface area contributed by atoms with Crippen molar-refractivity contribution in [1.82, 2.24) is 19.6 Å². The highest BCUT2D eigenvalue weighted by Crippen LogP contribution is 2.45. The van der Waals surface area contributed by atoms with E-state index < -0.39 is 12.1 Å². The van der Waals surface area contributed by atoms with Crippen LogP contribution >= 0.6 is 0 Å². The highest BCUT2D eigenvalue weighted by molar-refractivity contribution is 5.80. The first kappa shape index (κ1) is 23.6. The molecule has 1 aromatic heterocycles. The molecule has 4 rings (SSSR count). The van der Waals surface area contributed by atoms with Crippen molar-refractivity contribution in [1.29, 1.82) is 0 Å². The Morgan fingerprint density at radius 3 is 2.52 bits per heavy atom. The van der Waals surface area contributed by atoms with Gasteiger partial charge in [0.05, 0.1) is 11.7 Å². The van der Waals surface area contributed by atoms with E-state index in [1.807, 2.05) is 17.9 Å². The molecule has 2 saturated heterocycles. The standard InChI is InChI=1S/C19H30N4O.C2HF3O2/c1-3-17-19(9-7-18(24)23(19)14-15-5-6-15)8-4-10-22(17)13-16-11-20-21(2)12-16;3-2(4,5)1(6)7/h11-12,15,17H,3-10,13-14H2,1-2H3;(H,6,7)/t17-,19+;/m0./s1. The average molecular weight is 444 g/mol. The van der Waals surface area contributed by atoms with E-state index in [4.69, 9.17) is 9.90 Å². The van der Waals surface area contributed by atoms with Crippen LogP contribution in [0.3, 0.4) is 0 Å². The molecule has 2 atom stereocenters. The number of aryl methyl sites for hydroxylation is 1. The molecule has 3 fully saturated rings. The molecule has 2 aliphatic heterocycles. The first-order valence-electron chi connectivity index (χ1n) is 10.9. The number of hydrogen-bond acceptors (Lipinski definition) is 4. The number of hydrogen-bond donors (Lipinski definition) is 1. The minimum absolute atomic E-state index is 0.0921. The first-order valence-corrected chi connectivity index (χ1v) is 10.9. The monoisotopic (exact) mass is 444 g/mol. The number of rotatable bonds is 5. The fourth-order valence-electron chi connectivity index (χ4n) is 5.16. The fraction of sp³-hybridized carbons (Fsp3) is 0.762. The van der Waals surface area contributed by atoms with E-state index >= 15 is 0 Å². The Labute approximate surface area is 180 Å². The summed E-state index contributed by atoms with van der Waals surface area (Å²) in [5, 5.41) is 11.4. The van der Waals surface area contributed by atoms with E-state index in [0.29, 0.717) is 11.9 Å². The smallest absolute Gasteiger partial charge is 0.475 e. The minimum Gasteiger partial charge on any atom is -0.475 e. The zero-order valence-electron chi connectivity index (χ0n) is 18.1. The SMILES string of the molecule is CC[C@@H]1N(Cc2cnn(C)c2)CCC[C@@]12CCC(=O)N2CC1CC1.O=C(O)C(F)(F)F. The molecule has 1 aromatic rings. The molecule has 0 aromatic carbocycles. The second-order valence-corrected chi connectivity index (χ2v) is 8.87. The predicted molar refractivity (Wildman–Crippen MR) is 107 cm³/mol. The van der Waals surface area contributed by atoms with Crippen LogP contribution < -0.4 is 0 Å². The quantitative estimate of drug-likeness (QED) is 0.755. The summed E-state index contributed by atoms with van der Waals surface area (Å²) in [5.41, 5.74) is 1.38. The third-order valence-electron chi connectivity index (χ3n) is 6.64. The molecule has 174 valence electrons. The van der Waals surface area contributed by atoms with Crippen LogP contribution in [0.5, 0.6) is 0 Å². The van der Waals surface area contributed by atoms with Gasteiger partial charge in [0.2, 0.25) is 5.91 Å². The number of aliphatic carboxylic acids is 1. The van der Waals surface area contributed by atoms with E-state index in [1.165, 1.54) is 31.2 Å². The topological polar surface area (TPSA) is 78.7 Å². The number of carboxylic acid groups (broad SMARTS) is 1. The van der Waals surface area contributed by atoms with Gasteiger partial charge in [-0.3, -0.25) is 14.4 Å². The minimum atomic E-state index is -5.08. The van der Waals surface area contributed by atoms with Gasteiger partial charge in [-0.15, -0.1) is 0 Å². The molecule has 0 radical (unpaired) electrons. The summed E-state index contributed by atoms with van der Waals surface area (Å²) in [4.78, 5) is 26.5. The average Bonchev–Trinajstić information content (AvgIpc) is 3.36.